The van der Waals surface area contributed by atoms with Gasteiger partial charge in [-0.15, -0.1) is 0 Å². The van der Waals surface area contributed by atoms with Gasteiger partial charge >= 0.3 is 0 Å². The molecule has 2 atom stereocenters. The largest absolute Gasteiger partial charge is 0.254 e. The van der Waals surface area contributed by atoms with E-state index >= 15 is 0 Å². The molecule has 2 fully saturated rings. The molecule has 2 saturated carbocycles. The van der Waals surface area contributed by atoms with Gasteiger partial charge in [0.05, 0.1) is 32.1 Å². The fourth-order valence-corrected chi connectivity index (χ4v) is 5.59. The first-order valence-electron chi connectivity index (χ1n) is 9.03. The second kappa shape index (κ2) is 8.62. The van der Waals surface area contributed by atoms with Crippen LogP contribution < -0.4 is 0 Å². The van der Waals surface area contributed by atoms with Gasteiger partial charge in [0, 0.05) is 21.6 Å². The molecule has 2 aliphatic carbocycles. The lowest BCUT2D eigenvalue weighted by Gasteiger charge is -2.27. The summed E-state index contributed by atoms with van der Waals surface area (Å²) in [7, 11) is -2.58. The summed E-state index contributed by atoms with van der Waals surface area (Å²) >= 11 is 0. The lowest BCUT2D eigenvalue weighted by Crippen LogP contribution is -2.22. The van der Waals surface area contributed by atoms with Crippen molar-refractivity contribution in [3.05, 3.63) is 121 Å². The molecule has 10 radical (unpaired) electrons. The zero-order valence-corrected chi connectivity index (χ0v) is 17.3. The van der Waals surface area contributed by atoms with Crippen LogP contribution in [0, 0.1) is 74.7 Å². The highest BCUT2D eigenvalue weighted by atomic mass is 32.2. The van der Waals surface area contributed by atoms with E-state index in [1.54, 1.807) is 0 Å². The van der Waals surface area contributed by atoms with Crippen molar-refractivity contribution in [2.24, 2.45) is 0 Å². The Balaban J connectivity index is 1.54. The summed E-state index contributed by atoms with van der Waals surface area (Å²) in [4.78, 5) is 1.54. The molecule has 0 aromatic heterocycles. The zero-order chi connectivity index (χ0) is 19.7. The van der Waals surface area contributed by atoms with Crippen molar-refractivity contribution in [3.8, 4) is 0 Å². The fourth-order valence-electron chi connectivity index (χ4n) is 3.15. The van der Waals surface area contributed by atoms with E-state index in [0.717, 1.165) is 43.3 Å². The fraction of sp³-hybridized carbons (Fsp3) is 0.0833. The molecular weight excluding hydrogens is 384 g/mol. The van der Waals surface area contributed by atoms with Gasteiger partial charge in [0.25, 0.3) is 0 Å². The molecule has 0 bridgehead atoms. The first-order chi connectivity index (χ1) is 13.5. The van der Waals surface area contributed by atoms with Gasteiger partial charge in [-0.1, -0.05) is 35.4 Å². The summed E-state index contributed by atoms with van der Waals surface area (Å²) < 4.78 is 26.3. The van der Waals surface area contributed by atoms with Crippen molar-refractivity contribution in [1.82, 2.24) is 0 Å². The third kappa shape index (κ3) is 4.04. The molecule has 2 aromatic carbocycles. The minimum atomic E-state index is -1.29. The number of aryl methyl sites for hydroxylation is 2. The summed E-state index contributed by atoms with van der Waals surface area (Å²) in [5.74, 6) is 1.75. The number of hydrogen-bond donors (Lipinski definition) is 0. The van der Waals surface area contributed by atoms with E-state index in [1.807, 2.05) is 101 Å². The average molecular weight is 405 g/mol. The van der Waals surface area contributed by atoms with Gasteiger partial charge in [-0.2, -0.15) is 0 Å². The van der Waals surface area contributed by atoms with E-state index in [4.69, 9.17) is 0 Å². The van der Waals surface area contributed by atoms with Crippen LogP contribution in [-0.2, 0) is 21.6 Å². The van der Waals surface area contributed by atoms with E-state index in [-0.39, 0.29) is 0 Å². The van der Waals surface area contributed by atoms with Crippen LogP contribution in [0.4, 0.5) is 0 Å². The maximum atomic E-state index is 13.2. The molecule has 0 aliphatic heterocycles. The second-order valence-corrected chi connectivity index (χ2v) is 9.67. The van der Waals surface area contributed by atoms with Crippen LogP contribution in [0.15, 0.2) is 58.3 Å². The van der Waals surface area contributed by atoms with Crippen molar-refractivity contribution in [3.63, 3.8) is 0 Å². The van der Waals surface area contributed by atoms with E-state index < -0.39 is 21.6 Å². The molecular formula is C24H20O2S2. The van der Waals surface area contributed by atoms with Gasteiger partial charge in [-0.25, -0.2) is 0 Å². The Hall–Kier alpha value is -1.26. The molecule has 2 nitrogen and oxygen atoms in total. The average Bonchev–Trinajstić information content (AvgIpc) is 3.37. The molecule has 4 heteroatoms. The minimum Gasteiger partial charge on any atom is -0.254 e. The van der Waals surface area contributed by atoms with Gasteiger partial charge in [0.1, 0.15) is 0 Å². The first-order valence-corrected chi connectivity index (χ1v) is 11.3. The highest BCUT2D eigenvalue weighted by molar-refractivity contribution is 7.89. The third-order valence-electron chi connectivity index (χ3n) is 4.71. The van der Waals surface area contributed by atoms with Crippen LogP contribution in [-0.4, -0.2) is 8.42 Å². The highest BCUT2D eigenvalue weighted by Gasteiger charge is 2.47. The van der Waals surface area contributed by atoms with Gasteiger partial charge < -0.3 is 0 Å². The lowest BCUT2D eigenvalue weighted by molar-refractivity contribution is 0.681. The van der Waals surface area contributed by atoms with Crippen LogP contribution in [0.5, 0.6) is 0 Å². The normalized spacial score (nSPS) is 21.9. The number of hydrogen-bond acceptors (Lipinski definition) is 2. The van der Waals surface area contributed by atoms with Crippen molar-refractivity contribution in [2.45, 2.75) is 23.6 Å². The van der Waals surface area contributed by atoms with Crippen LogP contribution in [0.25, 0.3) is 0 Å². The molecule has 0 heterocycles. The summed E-state index contributed by atoms with van der Waals surface area (Å²) in [5.41, 5.74) is 2.27. The second-order valence-electron chi connectivity index (χ2n) is 6.77. The molecule has 0 saturated heterocycles. The predicted molar refractivity (Wildman–Crippen MR) is 114 cm³/mol. The Morgan fingerprint density at radius 1 is 0.536 bits per heavy atom. The molecule has 0 unspecified atom stereocenters. The molecule has 28 heavy (non-hydrogen) atoms. The SMILES string of the molecule is Cc1ccc([S@](=O)[C]2[CH][CH][CH][C]2[C]2[CH][CH][CH][C]2[S@@](=O)c2ccc(C)cc2)cc1. The van der Waals surface area contributed by atoms with Gasteiger partial charge in [0.2, 0.25) is 0 Å². The molecule has 140 valence electrons. The topological polar surface area (TPSA) is 34.1 Å². The summed E-state index contributed by atoms with van der Waals surface area (Å²) in [6, 6.07) is 15.5. The van der Waals surface area contributed by atoms with Crippen molar-refractivity contribution < 1.29 is 8.42 Å². The Bertz CT molecular complexity index is 784. The van der Waals surface area contributed by atoms with Crippen molar-refractivity contribution >= 4 is 21.6 Å². The maximum Gasteiger partial charge on any atom is 0.0794 e. The Morgan fingerprint density at radius 3 is 1.25 bits per heavy atom. The Morgan fingerprint density at radius 2 is 0.893 bits per heavy atom. The molecule has 2 aliphatic rings. The molecule has 0 amide bonds. The van der Waals surface area contributed by atoms with E-state index in [1.165, 1.54) is 0 Å². The first kappa shape index (κ1) is 20.0. The maximum absolute atomic E-state index is 13.2. The molecule has 2 aromatic rings. The highest BCUT2D eigenvalue weighted by Crippen LogP contribution is 2.52. The minimum absolute atomic E-state index is 0.747. The number of benzene rings is 2. The molecule has 0 spiro atoms. The van der Waals surface area contributed by atoms with E-state index in [0.29, 0.717) is 0 Å². The smallest absolute Gasteiger partial charge is 0.0794 e. The van der Waals surface area contributed by atoms with Crippen LogP contribution >= 0.6 is 0 Å². The summed E-state index contributed by atoms with van der Waals surface area (Å²) in [5, 5.41) is 1.49. The standard InChI is InChI=1S/C24H20O2S2/c1-17-9-13-19(14-10-17)27(25)23-7-3-5-21(23)22-6-4-8-24(22)28(26)20-15-11-18(2)12-16-20/h3-16H,1-2H3/t27-,28-/m0/s1. The predicted octanol–water partition coefficient (Wildman–Crippen LogP) is 4.68. The lowest BCUT2D eigenvalue weighted by atomic mass is 9.89. The third-order valence-corrected chi connectivity index (χ3v) is 7.62. The Labute approximate surface area is 174 Å². The number of rotatable bonds is 5. The monoisotopic (exact) mass is 404 g/mol. The van der Waals surface area contributed by atoms with Crippen molar-refractivity contribution in [1.29, 1.82) is 0 Å². The molecule has 0 N–H and O–H groups in total. The molecule has 4 rings (SSSR count). The Kier molecular flexibility index (Phi) is 6.17. The summed E-state index contributed by atoms with van der Waals surface area (Å²) in [6.07, 6.45) is 11.5. The van der Waals surface area contributed by atoms with E-state index in [9.17, 15) is 8.42 Å². The van der Waals surface area contributed by atoms with Crippen LogP contribution in [0.1, 0.15) is 11.1 Å². The zero-order valence-electron chi connectivity index (χ0n) is 15.7. The summed E-state index contributed by atoms with van der Waals surface area (Å²) in [6.45, 7) is 4.02. The van der Waals surface area contributed by atoms with E-state index in [2.05, 4.69) is 0 Å². The quantitative estimate of drug-likeness (QED) is 0.725. The van der Waals surface area contributed by atoms with Crippen molar-refractivity contribution in [2.75, 3.05) is 0 Å². The van der Waals surface area contributed by atoms with Gasteiger partial charge in [-0.05, 0) is 76.6 Å². The van der Waals surface area contributed by atoms with Gasteiger partial charge in [-0.3, -0.25) is 8.42 Å². The van der Waals surface area contributed by atoms with Crippen LogP contribution in [0.2, 0.25) is 0 Å². The van der Waals surface area contributed by atoms with Gasteiger partial charge in [0.15, 0.2) is 0 Å². The van der Waals surface area contributed by atoms with Crippen LogP contribution in [0.3, 0.4) is 0 Å².